The molecule has 35 heavy (non-hydrogen) atoms. The highest BCUT2D eigenvalue weighted by Crippen LogP contribution is 2.66. The van der Waals surface area contributed by atoms with E-state index >= 15 is 0 Å². The molecule has 0 radical (unpaired) electrons. The number of hydrogen-bond donors (Lipinski definition) is 1. The minimum Gasteiger partial charge on any atom is -0.380 e. The fourth-order valence-electron chi connectivity index (χ4n) is 5.91. The summed E-state index contributed by atoms with van der Waals surface area (Å²) in [6, 6.07) is 51.2. The smallest absolute Gasteiger partial charge is 0.125 e. The highest BCUT2D eigenvalue weighted by Gasteiger charge is 2.59. The summed E-state index contributed by atoms with van der Waals surface area (Å²) in [6.45, 7) is 0. The molecule has 0 spiro atoms. The molecule has 0 amide bonds. The van der Waals surface area contributed by atoms with Crippen molar-refractivity contribution in [2.75, 3.05) is 6.16 Å². The molecule has 5 aromatic rings. The minimum atomic E-state index is -2.00. The summed E-state index contributed by atoms with van der Waals surface area (Å²) >= 11 is 0. The van der Waals surface area contributed by atoms with Gasteiger partial charge in [0.1, 0.15) is 28.8 Å². The molecule has 0 bridgehead atoms. The molecule has 0 aliphatic carbocycles. The van der Waals surface area contributed by atoms with E-state index in [-0.39, 0.29) is 5.92 Å². The van der Waals surface area contributed by atoms with Gasteiger partial charge in [0.25, 0.3) is 0 Å². The Kier molecular flexibility index (Phi) is 5.61. The summed E-state index contributed by atoms with van der Waals surface area (Å²) in [5.41, 5.74) is 1.98. The van der Waals surface area contributed by atoms with Gasteiger partial charge in [0.15, 0.2) is 0 Å². The summed E-state index contributed by atoms with van der Waals surface area (Å²) in [6.07, 6.45) is 0.876. The Morgan fingerprint density at radius 1 is 0.514 bits per heavy atom. The molecular formula is C33H28OP+. The highest BCUT2D eigenvalue weighted by molar-refractivity contribution is 7.96. The van der Waals surface area contributed by atoms with Crippen molar-refractivity contribution < 1.29 is 5.11 Å². The van der Waals surface area contributed by atoms with Gasteiger partial charge in [-0.15, -0.1) is 0 Å². The second-order valence-electron chi connectivity index (χ2n) is 9.27. The van der Waals surface area contributed by atoms with Crippen LogP contribution in [0.25, 0.3) is 0 Å². The van der Waals surface area contributed by atoms with Crippen molar-refractivity contribution in [1.82, 2.24) is 0 Å². The van der Waals surface area contributed by atoms with Crippen LogP contribution in [-0.4, -0.2) is 11.3 Å². The fraction of sp³-hybridized carbons (Fsp3) is 0.0909. The van der Waals surface area contributed by atoms with Crippen molar-refractivity contribution in [2.24, 2.45) is 0 Å². The van der Waals surface area contributed by atoms with Gasteiger partial charge in [-0.2, -0.15) is 0 Å². The lowest BCUT2D eigenvalue weighted by Gasteiger charge is -2.35. The van der Waals surface area contributed by atoms with Crippen LogP contribution in [0.5, 0.6) is 0 Å². The van der Waals surface area contributed by atoms with E-state index in [1.54, 1.807) is 0 Å². The Morgan fingerprint density at radius 2 is 0.914 bits per heavy atom. The van der Waals surface area contributed by atoms with Crippen LogP contribution in [-0.2, 0) is 5.60 Å². The van der Waals surface area contributed by atoms with Crippen molar-refractivity contribution in [3.63, 3.8) is 0 Å². The van der Waals surface area contributed by atoms with E-state index < -0.39 is 12.9 Å². The number of aliphatic hydroxyl groups is 1. The first-order valence-electron chi connectivity index (χ1n) is 12.2. The summed E-state index contributed by atoms with van der Waals surface area (Å²) in [7, 11) is -2.00. The lowest BCUT2D eigenvalue weighted by Crippen LogP contribution is -2.36. The van der Waals surface area contributed by atoms with E-state index in [1.807, 2.05) is 36.4 Å². The van der Waals surface area contributed by atoms with Crippen molar-refractivity contribution >= 4 is 23.2 Å². The van der Waals surface area contributed by atoms with Crippen molar-refractivity contribution in [3.05, 3.63) is 162 Å². The van der Waals surface area contributed by atoms with E-state index in [9.17, 15) is 5.11 Å². The zero-order chi connectivity index (χ0) is 23.7. The normalized spacial score (nSPS) is 16.5. The monoisotopic (exact) mass is 471 g/mol. The third kappa shape index (κ3) is 3.47. The van der Waals surface area contributed by atoms with Crippen LogP contribution in [0.2, 0.25) is 0 Å². The molecule has 1 unspecified atom stereocenters. The maximum Gasteiger partial charge on any atom is 0.125 e. The Bertz CT molecular complexity index is 1340. The van der Waals surface area contributed by atoms with Gasteiger partial charge >= 0.3 is 0 Å². The fourth-order valence-corrected chi connectivity index (χ4v) is 10.8. The van der Waals surface area contributed by atoms with Crippen LogP contribution < -0.4 is 15.9 Å². The molecule has 0 saturated heterocycles. The minimum absolute atomic E-state index is 0.0859. The van der Waals surface area contributed by atoms with Crippen LogP contribution in [0.4, 0.5) is 0 Å². The summed E-state index contributed by atoms with van der Waals surface area (Å²) in [5, 5.41) is 17.0. The number of rotatable bonds is 5. The third-order valence-corrected chi connectivity index (χ3v) is 12.0. The van der Waals surface area contributed by atoms with Gasteiger partial charge in [0.05, 0.1) is 12.1 Å². The van der Waals surface area contributed by atoms with Gasteiger partial charge in [-0.3, -0.25) is 0 Å². The Morgan fingerprint density at radius 3 is 1.40 bits per heavy atom. The Balaban J connectivity index is 1.65. The van der Waals surface area contributed by atoms with Crippen LogP contribution in [0, 0.1) is 0 Å². The predicted molar refractivity (Wildman–Crippen MR) is 149 cm³/mol. The number of benzene rings is 5. The molecule has 6 rings (SSSR count). The second-order valence-corrected chi connectivity index (χ2v) is 12.8. The molecule has 1 nitrogen and oxygen atoms in total. The van der Waals surface area contributed by atoms with Gasteiger partial charge in [0.2, 0.25) is 0 Å². The molecule has 0 fully saturated rings. The zero-order valence-corrected chi connectivity index (χ0v) is 20.4. The molecule has 1 heterocycles. The van der Waals surface area contributed by atoms with Crippen molar-refractivity contribution in [3.8, 4) is 0 Å². The Labute approximate surface area is 208 Å². The zero-order valence-electron chi connectivity index (χ0n) is 19.5. The molecule has 0 saturated carbocycles. The van der Waals surface area contributed by atoms with Crippen LogP contribution >= 0.6 is 7.26 Å². The number of hydrogen-bond acceptors (Lipinski definition) is 1. The topological polar surface area (TPSA) is 20.2 Å². The molecule has 2 heteroatoms. The van der Waals surface area contributed by atoms with E-state index in [2.05, 4.69) is 109 Å². The molecule has 0 aromatic heterocycles. The van der Waals surface area contributed by atoms with Crippen LogP contribution in [0.15, 0.2) is 146 Å². The Hall–Kier alpha value is -3.51. The first kappa shape index (κ1) is 22.0. The average molecular weight is 472 g/mol. The third-order valence-electron chi connectivity index (χ3n) is 7.51. The maximum atomic E-state index is 12.8. The van der Waals surface area contributed by atoms with E-state index in [0.29, 0.717) is 0 Å². The maximum absolute atomic E-state index is 12.8. The van der Waals surface area contributed by atoms with Gasteiger partial charge < -0.3 is 5.11 Å². The van der Waals surface area contributed by atoms with Crippen molar-refractivity contribution in [2.45, 2.75) is 11.5 Å². The molecule has 1 atom stereocenters. The first-order valence-corrected chi connectivity index (χ1v) is 14.1. The lowest BCUT2D eigenvalue weighted by atomic mass is 9.74. The highest BCUT2D eigenvalue weighted by atomic mass is 31.2. The second kappa shape index (κ2) is 8.93. The van der Waals surface area contributed by atoms with E-state index in [4.69, 9.17) is 0 Å². The molecule has 5 aromatic carbocycles. The molecule has 170 valence electrons. The predicted octanol–water partition coefficient (Wildman–Crippen LogP) is 6.01. The standard InChI is InChI=1S/C33H28OP/c34-33(26-15-5-1-6-16-26,27-17-7-2-8-18-27)31-25-35(28-19-9-3-10-20-28,29-21-11-4-12-22-29)32-24-14-13-23-30(31)32/h1-24,31,34H,25H2/q+1. The van der Waals surface area contributed by atoms with Crippen LogP contribution in [0.1, 0.15) is 22.6 Å². The van der Waals surface area contributed by atoms with Gasteiger partial charge in [-0.05, 0) is 41.5 Å². The molecule has 1 aliphatic heterocycles. The quantitative estimate of drug-likeness (QED) is 0.311. The molecule has 1 aliphatic rings. The van der Waals surface area contributed by atoms with E-state index in [0.717, 1.165) is 17.3 Å². The largest absolute Gasteiger partial charge is 0.380 e. The first-order chi connectivity index (χ1) is 17.2. The van der Waals surface area contributed by atoms with E-state index in [1.165, 1.54) is 21.5 Å². The summed E-state index contributed by atoms with van der Waals surface area (Å²) in [5.74, 6) is -0.0859. The average Bonchev–Trinajstić information content (AvgIpc) is 3.31. The van der Waals surface area contributed by atoms with Crippen molar-refractivity contribution in [1.29, 1.82) is 0 Å². The SMILES string of the molecule is OC(c1ccccc1)(c1ccccc1)C1C[P+](c2ccccc2)(c2ccccc2)c2ccccc21. The van der Waals surface area contributed by atoms with Gasteiger partial charge in [-0.25, -0.2) is 0 Å². The molecule has 1 N–H and O–H groups in total. The van der Waals surface area contributed by atoms with Gasteiger partial charge in [-0.1, -0.05) is 115 Å². The number of fused-ring (bicyclic) bond motifs is 1. The van der Waals surface area contributed by atoms with Crippen LogP contribution in [0.3, 0.4) is 0 Å². The lowest BCUT2D eigenvalue weighted by molar-refractivity contribution is 0.0579. The summed E-state index contributed by atoms with van der Waals surface area (Å²) in [4.78, 5) is 0. The van der Waals surface area contributed by atoms with Gasteiger partial charge in [0, 0.05) is 5.56 Å². The molecular weight excluding hydrogens is 443 g/mol. The summed E-state index contributed by atoms with van der Waals surface area (Å²) < 4.78 is 0.